The van der Waals surface area contributed by atoms with E-state index in [0.29, 0.717) is 22.3 Å². The van der Waals surface area contributed by atoms with Crippen molar-refractivity contribution in [1.29, 1.82) is 0 Å². The van der Waals surface area contributed by atoms with E-state index in [1.807, 2.05) is 18.4 Å². The molecule has 0 saturated carbocycles. The minimum absolute atomic E-state index is 0.128. The van der Waals surface area contributed by atoms with Crippen LogP contribution in [0.5, 0.6) is 11.5 Å². The molecule has 144 valence electrons. The Balaban J connectivity index is 1.47. The Morgan fingerprint density at radius 3 is 2.79 bits per heavy atom. The molecule has 0 saturated heterocycles. The van der Waals surface area contributed by atoms with Gasteiger partial charge in [0.25, 0.3) is 0 Å². The van der Waals surface area contributed by atoms with Crippen molar-refractivity contribution in [3.63, 3.8) is 0 Å². The van der Waals surface area contributed by atoms with Gasteiger partial charge in [-0.25, -0.2) is 0 Å². The lowest BCUT2D eigenvalue weighted by Crippen LogP contribution is -2.14. The van der Waals surface area contributed by atoms with Crippen molar-refractivity contribution >= 4 is 23.4 Å². The molecule has 0 unspecified atom stereocenters. The lowest BCUT2D eigenvalue weighted by atomic mass is 10.1. The van der Waals surface area contributed by atoms with E-state index in [4.69, 9.17) is 9.47 Å². The van der Waals surface area contributed by atoms with Crippen LogP contribution < -0.4 is 14.8 Å². The molecule has 0 radical (unpaired) electrons. The zero-order valence-corrected chi connectivity index (χ0v) is 16.7. The molecule has 28 heavy (non-hydrogen) atoms. The number of anilines is 1. The monoisotopic (exact) mass is 396 g/mol. The van der Waals surface area contributed by atoms with Crippen LogP contribution in [0.2, 0.25) is 0 Å². The SMILES string of the molecule is Cc1ccc(C)c(-n2c(C)nnc2SCC(=O)Nc2ccc3c(c2)OCO3)c1. The van der Waals surface area contributed by atoms with Crippen LogP contribution in [0.1, 0.15) is 17.0 Å². The van der Waals surface area contributed by atoms with Gasteiger partial charge in [0.1, 0.15) is 5.82 Å². The maximum atomic E-state index is 12.4. The third kappa shape index (κ3) is 3.68. The zero-order chi connectivity index (χ0) is 19.7. The summed E-state index contributed by atoms with van der Waals surface area (Å²) in [5, 5.41) is 12.0. The van der Waals surface area contributed by atoms with Gasteiger partial charge < -0.3 is 14.8 Å². The summed E-state index contributed by atoms with van der Waals surface area (Å²) in [4.78, 5) is 12.4. The van der Waals surface area contributed by atoms with Gasteiger partial charge in [-0.1, -0.05) is 23.9 Å². The minimum Gasteiger partial charge on any atom is -0.454 e. The number of hydrogen-bond donors (Lipinski definition) is 1. The summed E-state index contributed by atoms with van der Waals surface area (Å²) >= 11 is 1.35. The first-order valence-corrected chi connectivity index (χ1v) is 9.82. The van der Waals surface area contributed by atoms with Crippen molar-refractivity contribution in [1.82, 2.24) is 14.8 Å². The van der Waals surface area contributed by atoms with Gasteiger partial charge in [0, 0.05) is 11.8 Å². The first kappa shape index (κ1) is 18.4. The maximum Gasteiger partial charge on any atom is 0.234 e. The van der Waals surface area contributed by atoms with Crippen LogP contribution in [0, 0.1) is 20.8 Å². The third-order valence-electron chi connectivity index (χ3n) is 4.39. The molecule has 3 aromatic rings. The molecule has 7 nitrogen and oxygen atoms in total. The van der Waals surface area contributed by atoms with E-state index in [2.05, 4.69) is 40.6 Å². The van der Waals surface area contributed by atoms with Crippen molar-refractivity contribution in [2.75, 3.05) is 17.9 Å². The van der Waals surface area contributed by atoms with Gasteiger partial charge in [0.15, 0.2) is 16.7 Å². The molecular formula is C20H20N4O3S. The predicted molar refractivity (Wildman–Crippen MR) is 107 cm³/mol. The second kappa shape index (κ2) is 7.55. The molecule has 1 aromatic heterocycles. The number of rotatable bonds is 5. The molecule has 1 aliphatic rings. The number of aromatic nitrogens is 3. The van der Waals surface area contributed by atoms with E-state index < -0.39 is 0 Å². The highest BCUT2D eigenvalue weighted by molar-refractivity contribution is 7.99. The molecule has 1 N–H and O–H groups in total. The van der Waals surface area contributed by atoms with E-state index in [1.54, 1.807) is 18.2 Å². The number of ether oxygens (including phenoxy) is 2. The molecule has 4 rings (SSSR count). The fourth-order valence-corrected chi connectivity index (χ4v) is 3.77. The van der Waals surface area contributed by atoms with Crippen molar-refractivity contribution in [3.05, 3.63) is 53.3 Å². The van der Waals surface area contributed by atoms with Crippen LogP contribution in [0.3, 0.4) is 0 Å². The summed E-state index contributed by atoms with van der Waals surface area (Å²) < 4.78 is 12.6. The Hall–Kier alpha value is -3.00. The predicted octanol–water partition coefficient (Wildman–Crippen LogP) is 3.65. The highest BCUT2D eigenvalue weighted by Crippen LogP contribution is 2.34. The lowest BCUT2D eigenvalue weighted by molar-refractivity contribution is -0.113. The number of carbonyl (C=O) groups excluding carboxylic acids is 1. The standard InChI is InChI=1S/C20H20N4O3S/c1-12-4-5-13(2)16(8-12)24-14(3)22-23-20(24)28-10-19(25)21-15-6-7-17-18(9-15)27-11-26-17/h4-9H,10-11H2,1-3H3,(H,21,25). The molecule has 2 aromatic carbocycles. The van der Waals surface area contributed by atoms with E-state index in [9.17, 15) is 4.79 Å². The number of thioether (sulfide) groups is 1. The number of benzene rings is 2. The second-order valence-corrected chi connectivity index (χ2v) is 7.50. The molecule has 1 amide bonds. The number of nitrogens with one attached hydrogen (secondary N) is 1. The Morgan fingerprint density at radius 2 is 1.93 bits per heavy atom. The van der Waals surface area contributed by atoms with Gasteiger partial charge in [-0.3, -0.25) is 9.36 Å². The molecular weight excluding hydrogens is 376 g/mol. The van der Waals surface area contributed by atoms with Gasteiger partial charge in [0.05, 0.1) is 11.4 Å². The van der Waals surface area contributed by atoms with Crippen LogP contribution in [-0.4, -0.2) is 33.2 Å². The molecule has 0 fully saturated rings. The summed E-state index contributed by atoms with van der Waals surface area (Å²) in [7, 11) is 0. The molecule has 8 heteroatoms. The molecule has 0 aliphatic carbocycles. The lowest BCUT2D eigenvalue weighted by Gasteiger charge is -2.12. The fraction of sp³-hybridized carbons (Fsp3) is 0.250. The summed E-state index contributed by atoms with van der Waals surface area (Å²) in [5.74, 6) is 2.20. The number of hydrogen-bond acceptors (Lipinski definition) is 6. The Morgan fingerprint density at radius 1 is 1.11 bits per heavy atom. The van der Waals surface area contributed by atoms with E-state index in [-0.39, 0.29) is 18.5 Å². The van der Waals surface area contributed by atoms with Gasteiger partial charge in [-0.15, -0.1) is 10.2 Å². The average molecular weight is 396 g/mol. The normalized spacial score (nSPS) is 12.2. The first-order chi connectivity index (χ1) is 13.5. The van der Waals surface area contributed by atoms with Crippen molar-refractivity contribution in [2.24, 2.45) is 0 Å². The Labute approximate surface area is 167 Å². The summed E-state index contributed by atoms with van der Waals surface area (Å²) in [5.41, 5.74) is 3.98. The van der Waals surface area contributed by atoms with E-state index >= 15 is 0 Å². The Bertz CT molecular complexity index is 1050. The van der Waals surface area contributed by atoms with Crippen LogP contribution in [0.15, 0.2) is 41.6 Å². The van der Waals surface area contributed by atoms with Crippen LogP contribution in [0.25, 0.3) is 5.69 Å². The maximum absolute atomic E-state index is 12.4. The molecule has 0 spiro atoms. The molecule has 2 heterocycles. The second-order valence-electron chi connectivity index (χ2n) is 6.56. The highest BCUT2D eigenvalue weighted by atomic mass is 32.2. The quantitative estimate of drug-likeness (QED) is 0.663. The topological polar surface area (TPSA) is 78.3 Å². The number of amides is 1. The average Bonchev–Trinajstić information content (AvgIpc) is 3.28. The van der Waals surface area contributed by atoms with Crippen LogP contribution in [-0.2, 0) is 4.79 Å². The summed E-state index contributed by atoms with van der Waals surface area (Å²) in [6.45, 7) is 6.21. The zero-order valence-electron chi connectivity index (χ0n) is 15.9. The number of carbonyl (C=O) groups is 1. The summed E-state index contributed by atoms with van der Waals surface area (Å²) in [6, 6.07) is 11.6. The molecule has 0 bridgehead atoms. The van der Waals surface area contributed by atoms with Gasteiger partial charge in [-0.05, 0) is 50.1 Å². The number of fused-ring (bicyclic) bond motifs is 1. The van der Waals surface area contributed by atoms with Crippen LogP contribution >= 0.6 is 11.8 Å². The minimum atomic E-state index is -0.128. The van der Waals surface area contributed by atoms with E-state index in [1.165, 1.54) is 11.8 Å². The van der Waals surface area contributed by atoms with E-state index in [0.717, 1.165) is 22.6 Å². The smallest absolute Gasteiger partial charge is 0.234 e. The van der Waals surface area contributed by atoms with Crippen molar-refractivity contribution in [3.8, 4) is 17.2 Å². The summed E-state index contributed by atoms with van der Waals surface area (Å²) in [6.07, 6.45) is 0. The molecule has 1 aliphatic heterocycles. The molecule has 0 atom stereocenters. The van der Waals surface area contributed by atoms with Gasteiger partial charge in [-0.2, -0.15) is 0 Å². The van der Waals surface area contributed by atoms with Crippen molar-refractivity contribution < 1.29 is 14.3 Å². The van der Waals surface area contributed by atoms with Crippen LogP contribution in [0.4, 0.5) is 5.69 Å². The Kier molecular flexibility index (Phi) is 4.95. The first-order valence-electron chi connectivity index (χ1n) is 8.83. The van der Waals surface area contributed by atoms with Crippen molar-refractivity contribution in [2.45, 2.75) is 25.9 Å². The van der Waals surface area contributed by atoms with Gasteiger partial charge >= 0.3 is 0 Å². The fourth-order valence-electron chi connectivity index (χ4n) is 2.98. The largest absolute Gasteiger partial charge is 0.454 e. The van der Waals surface area contributed by atoms with Gasteiger partial charge in [0.2, 0.25) is 12.7 Å². The number of nitrogens with zero attached hydrogens (tertiary/aromatic N) is 3. The number of aryl methyl sites for hydroxylation is 3. The third-order valence-corrected chi connectivity index (χ3v) is 5.32. The highest BCUT2D eigenvalue weighted by Gasteiger charge is 2.17.